The van der Waals surface area contributed by atoms with Gasteiger partial charge in [-0.05, 0) is 24.6 Å². The van der Waals surface area contributed by atoms with Crippen molar-refractivity contribution in [1.82, 2.24) is 10.1 Å². The number of esters is 1. The predicted octanol–water partition coefficient (Wildman–Crippen LogP) is 1.82. The van der Waals surface area contributed by atoms with E-state index in [0.29, 0.717) is 5.56 Å². The molecule has 1 aliphatic heterocycles. The Kier molecular flexibility index (Phi) is 5.77. The largest absolute Gasteiger partial charge is 0.493 e. The molecule has 12 heteroatoms. The number of aromatic nitrogens is 2. The summed E-state index contributed by atoms with van der Waals surface area (Å²) in [5, 5.41) is 3.73. The number of hydrogen-bond donors (Lipinski definition) is 0. The van der Waals surface area contributed by atoms with Gasteiger partial charge in [0.15, 0.2) is 27.9 Å². The molecule has 0 amide bonds. The van der Waals surface area contributed by atoms with Crippen molar-refractivity contribution < 1.29 is 40.7 Å². The number of methoxy groups -OCH3 is 1. The molecule has 0 radical (unpaired) electrons. The van der Waals surface area contributed by atoms with Crippen molar-refractivity contribution in [3.05, 3.63) is 24.1 Å². The molecule has 3 rings (SSSR count). The van der Waals surface area contributed by atoms with Crippen molar-refractivity contribution >= 4 is 15.8 Å². The summed E-state index contributed by atoms with van der Waals surface area (Å²) in [6.45, 7) is -3.31. The van der Waals surface area contributed by atoms with Gasteiger partial charge in [-0.2, -0.15) is 13.8 Å². The maximum Gasteiger partial charge on any atom is 0.387 e. The maximum atomic E-state index is 12.4. The number of benzene rings is 1. The van der Waals surface area contributed by atoms with Crippen LogP contribution in [-0.4, -0.2) is 49.8 Å². The fourth-order valence-electron chi connectivity index (χ4n) is 2.66. The normalized spacial score (nSPS) is 18.2. The van der Waals surface area contributed by atoms with Crippen LogP contribution >= 0.6 is 0 Å². The van der Waals surface area contributed by atoms with Crippen LogP contribution in [0.1, 0.15) is 12.3 Å². The first-order chi connectivity index (χ1) is 13.3. The van der Waals surface area contributed by atoms with Gasteiger partial charge in [-0.15, -0.1) is 0 Å². The van der Waals surface area contributed by atoms with Gasteiger partial charge in [0.1, 0.15) is 0 Å². The van der Waals surface area contributed by atoms with E-state index in [-0.39, 0.29) is 47.7 Å². The Bertz CT molecular complexity index is 962. The fraction of sp³-hybridized carbons (Fsp3) is 0.438. The molecule has 2 aromatic rings. The lowest BCUT2D eigenvalue weighted by Gasteiger charge is -2.10. The molecule has 0 bridgehead atoms. The van der Waals surface area contributed by atoms with Gasteiger partial charge in [-0.25, -0.2) is 8.42 Å². The van der Waals surface area contributed by atoms with E-state index in [9.17, 15) is 22.0 Å². The van der Waals surface area contributed by atoms with Crippen molar-refractivity contribution in [2.24, 2.45) is 5.92 Å². The van der Waals surface area contributed by atoms with E-state index in [2.05, 4.69) is 14.9 Å². The third-order valence-corrected chi connectivity index (χ3v) is 5.78. The van der Waals surface area contributed by atoms with Crippen molar-refractivity contribution in [3.8, 4) is 22.9 Å². The number of sulfone groups is 1. The minimum Gasteiger partial charge on any atom is -0.493 e. The molecule has 1 atom stereocenters. The van der Waals surface area contributed by atoms with Crippen LogP contribution in [0.15, 0.2) is 22.7 Å². The van der Waals surface area contributed by atoms with E-state index >= 15 is 0 Å². The average molecular weight is 418 g/mol. The van der Waals surface area contributed by atoms with Crippen LogP contribution in [-0.2, 0) is 26.0 Å². The molecule has 0 saturated carbocycles. The molecule has 1 saturated heterocycles. The van der Waals surface area contributed by atoms with Crippen LogP contribution < -0.4 is 9.47 Å². The van der Waals surface area contributed by atoms with E-state index in [1.54, 1.807) is 0 Å². The van der Waals surface area contributed by atoms with Crippen LogP contribution in [0.25, 0.3) is 11.4 Å². The second-order valence-electron chi connectivity index (χ2n) is 5.96. The fourth-order valence-corrected chi connectivity index (χ4v) is 4.39. The first-order valence-electron chi connectivity index (χ1n) is 8.10. The number of carbonyl (C=O) groups is 1. The molecule has 1 aliphatic rings. The van der Waals surface area contributed by atoms with Crippen molar-refractivity contribution in [2.45, 2.75) is 19.6 Å². The number of hydrogen-bond acceptors (Lipinski definition) is 9. The van der Waals surface area contributed by atoms with Gasteiger partial charge in [-0.3, -0.25) is 4.79 Å². The zero-order valence-corrected chi connectivity index (χ0v) is 15.4. The highest BCUT2D eigenvalue weighted by atomic mass is 32.2. The van der Waals surface area contributed by atoms with Crippen LogP contribution in [0.5, 0.6) is 11.5 Å². The first kappa shape index (κ1) is 20.0. The van der Waals surface area contributed by atoms with Gasteiger partial charge < -0.3 is 18.7 Å². The molecule has 0 N–H and O–H groups in total. The smallest absolute Gasteiger partial charge is 0.387 e. The lowest BCUT2D eigenvalue weighted by molar-refractivity contribution is -0.149. The van der Waals surface area contributed by atoms with Crippen molar-refractivity contribution in [1.29, 1.82) is 0 Å². The lowest BCUT2D eigenvalue weighted by Crippen LogP contribution is -2.18. The second-order valence-corrected chi connectivity index (χ2v) is 8.19. The van der Waals surface area contributed by atoms with E-state index < -0.39 is 28.3 Å². The zero-order chi connectivity index (χ0) is 20.3. The second kappa shape index (κ2) is 8.09. The van der Waals surface area contributed by atoms with Gasteiger partial charge in [-0.1, -0.05) is 5.16 Å². The Balaban J connectivity index is 1.64. The summed E-state index contributed by atoms with van der Waals surface area (Å²) < 4.78 is 66.9. The van der Waals surface area contributed by atoms with Crippen LogP contribution in [0.3, 0.4) is 0 Å². The number of carbonyl (C=O) groups excluding carboxylic acids is 1. The molecule has 0 aliphatic carbocycles. The number of alkyl halides is 2. The summed E-state index contributed by atoms with van der Waals surface area (Å²) >= 11 is 0. The number of ether oxygens (including phenoxy) is 3. The highest BCUT2D eigenvalue weighted by Gasteiger charge is 2.34. The van der Waals surface area contributed by atoms with Gasteiger partial charge in [0.25, 0.3) is 5.89 Å². The zero-order valence-electron chi connectivity index (χ0n) is 14.6. The van der Waals surface area contributed by atoms with Crippen LogP contribution in [0.2, 0.25) is 0 Å². The Labute approximate surface area is 158 Å². The SMILES string of the molecule is COc1cc(-c2noc(COC(=O)C3CCS(=O)(=O)C3)n2)ccc1OC(F)F. The van der Waals surface area contributed by atoms with Gasteiger partial charge >= 0.3 is 12.6 Å². The highest BCUT2D eigenvalue weighted by Crippen LogP contribution is 2.32. The summed E-state index contributed by atoms with van der Waals surface area (Å²) in [4.78, 5) is 16.0. The monoisotopic (exact) mass is 418 g/mol. The van der Waals surface area contributed by atoms with Crippen LogP contribution in [0.4, 0.5) is 8.78 Å². The Hall–Kier alpha value is -2.76. The van der Waals surface area contributed by atoms with Crippen LogP contribution in [0, 0.1) is 5.92 Å². The van der Waals surface area contributed by atoms with Gasteiger partial charge in [0.05, 0.1) is 24.5 Å². The van der Waals surface area contributed by atoms with Gasteiger partial charge in [0, 0.05) is 5.56 Å². The van der Waals surface area contributed by atoms with E-state index in [4.69, 9.17) is 14.0 Å². The van der Waals surface area contributed by atoms with E-state index in [1.165, 1.54) is 25.3 Å². The summed E-state index contributed by atoms with van der Waals surface area (Å²) in [6, 6.07) is 4.10. The average Bonchev–Trinajstić information content (AvgIpc) is 3.26. The highest BCUT2D eigenvalue weighted by molar-refractivity contribution is 7.91. The topological polar surface area (TPSA) is 118 Å². The summed E-state index contributed by atoms with van der Waals surface area (Å²) in [5.41, 5.74) is 0.404. The minimum atomic E-state index is -3.19. The molecule has 1 aromatic heterocycles. The Morgan fingerprint density at radius 3 is 2.79 bits per heavy atom. The molecule has 28 heavy (non-hydrogen) atoms. The third kappa shape index (κ3) is 4.74. The molecular weight excluding hydrogens is 402 g/mol. The maximum absolute atomic E-state index is 12.4. The minimum absolute atomic E-state index is 0.00363. The summed E-state index contributed by atoms with van der Waals surface area (Å²) in [5.74, 6) is -1.58. The predicted molar refractivity (Wildman–Crippen MR) is 89.5 cm³/mol. The Morgan fingerprint density at radius 1 is 1.36 bits per heavy atom. The van der Waals surface area contributed by atoms with E-state index in [1.807, 2.05) is 0 Å². The van der Waals surface area contributed by atoms with E-state index in [0.717, 1.165) is 0 Å². The van der Waals surface area contributed by atoms with Crippen molar-refractivity contribution in [2.75, 3.05) is 18.6 Å². The molecule has 152 valence electrons. The molecular formula is C16H16F2N2O7S. The Morgan fingerprint density at radius 2 is 2.14 bits per heavy atom. The third-order valence-electron chi connectivity index (χ3n) is 4.01. The number of nitrogens with zero attached hydrogens (tertiary/aromatic N) is 2. The van der Waals surface area contributed by atoms with Crippen molar-refractivity contribution in [3.63, 3.8) is 0 Å². The molecule has 2 heterocycles. The number of rotatable bonds is 7. The summed E-state index contributed by atoms with van der Waals surface area (Å²) in [7, 11) is -1.90. The lowest BCUT2D eigenvalue weighted by atomic mass is 10.1. The number of halogens is 2. The first-order valence-corrected chi connectivity index (χ1v) is 9.92. The molecule has 1 aromatic carbocycles. The van der Waals surface area contributed by atoms with Gasteiger partial charge in [0.2, 0.25) is 5.82 Å². The summed E-state index contributed by atoms with van der Waals surface area (Å²) in [6.07, 6.45) is 0.225. The molecule has 0 spiro atoms. The quantitative estimate of drug-likeness (QED) is 0.621. The molecule has 9 nitrogen and oxygen atoms in total. The molecule has 1 fully saturated rings. The standard InChI is InChI=1S/C16H16F2N2O7S/c1-24-12-6-9(2-3-11(12)26-16(17)18)14-19-13(27-20-14)7-25-15(21)10-4-5-28(22,23)8-10/h2-3,6,10,16H,4-5,7-8H2,1H3. The molecule has 1 unspecified atom stereocenters.